The van der Waals surface area contributed by atoms with E-state index in [1.54, 1.807) is 6.08 Å². The molecule has 0 aliphatic carbocycles. The third-order valence-corrected chi connectivity index (χ3v) is 9.54. The van der Waals surface area contributed by atoms with E-state index in [9.17, 15) is 30.3 Å². The van der Waals surface area contributed by atoms with E-state index in [4.69, 9.17) is 9.47 Å². The highest BCUT2D eigenvalue weighted by Gasteiger charge is 2.44. The minimum Gasteiger partial charge on any atom is -0.394 e. The molecule has 1 heterocycles. The molecule has 9 heteroatoms. The number of unbranched alkanes of at least 4 members (excludes halogenated alkanes) is 15. The number of nitrogens with one attached hydrogen (secondary N) is 1. The molecule has 1 saturated heterocycles. The van der Waals surface area contributed by atoms with Gasteiger partial charge in [-0.15, -0.1) is 0 Å². The molecule has 1 aliphatic rings. The van der Waals surface area contributed by atoms with Crippen molar-refractivity contribution >= 4 is 5.91 Å². The van der Waals surface area contributed by atoms with Crippen LogP contribution in [0.4, 0.5) is 0 Å². The van der Waals surface area contributed by atoms with E-state index in [2.05, 4.69) is 67.8 Å². The highest BCUT2D eigenvalue weighted by molar-refractivity contribution is 5.76. The molecule has 9 nitrogen and oxygen atoms in total. The third-order valence-electron chi connectivity index (χ3n) is 9.54. The first-order valence-electron chi connectivity index (χ1n) is 21.0. The van der Waals surface area contributed by atoms with Crippen LogP contribution in [0.25, 0.3) is 0 Å². The summed E-state index contributed by atoms with van der Waals surface area (Å²) in [6.07, 6.45) is 36.8. The Kier molecular flexibility index (Phi) is 31.7. The third kappa shape index (κ3) is 25.6. The molecule has 0 aromatic carbocycles. The molecule has 1 fully saturated rings. The summed E-state index contributed by atoms with van der Waals surface area (Å²) in [6, 6.07) is -0.835. The maximum absolute atomic E-state index is 12.9. The van der Waals surface area contributed by atoms with Crippen LogP contribution >= 0.6 is 0 Å². The Labute approximate surface area is 322 Å². The van der Waals surface area contributed by atoms with Gasteiger partial charge in [0.15, 0.2) is 6.29 Å². The zero-order valence-electron chi connectivity index (χ0n) is 33.2. The van der Waals surface area contributed by atoms with Crippen LogP contribution < -0.4 is 5.32 Å². The van der Waals surface area contributed by atoms with Crippen molar-refractivity contribution in [3.05, 3.63) is 60.8 Å². The summed E-state index contributed by atoms with van der Waals surface area (Å²) in [7, 11) is 0. The number of allylic oxidation sites excluding steroid dienone is 9. The lowest BCUT2D eigenvalue weighted by atomic mass is 9.99. The average molecular weight is 748 g/mol. The van der Waals surface area contributed by atoms with E-state index in [1.165, 1.54) is 57.8 Å². The predicted molar refractivity (Wildman–Crippen MR) is 216 cm³/mol. The highest BCUT2D eigenvalue weighted by Crippen LogP contribution is 2.22. The quantitative estimate of drug-likeness (QED) is 0.0292. The van der Waals surface area contributed by atoms with E-state index >= 15 is 0 Å². The lowest BCUT2D eigenvalue weighted by molar-refractivity contribution is -0.302. The van der Waals surface area contributed by atoms with Gasteiger partial charge in [-0.1, -0.05) is 132 Å². The lowest BCUT2D eigenvalue weighted by Crippen LogP contribution is -2.60. The molecule has 306 valence electrons. The summed E-state index contributed by atoms with van der Waals surface area (Å²) in [4.78, 5) is 12.9. The normalized spacial score (nSPS) is 22.3. The van der Waals surface area contributed by atoms with E-state index < -0.39 is 49.5 Å². The second-order valence-corrected chi connectivity index (χ2v) is 14.4. The van der Waals surface area contributed by atoms with E-state index in [0.717, 1.165) is 77.0 Å². The summed E-state index contributed by atoms with van der Waals surface area (Å²) in [6.45, 7) is 3.67. The Morgan fingerprint density at radius 1 is 0.642 bits per heavy atom. The first-order valence-corrected chi connectivity index (χ1v) is 21.0. The molecule has 7 unspecified atom stereocenters. The number of carbonyl (C=O) groups excluding carboxylic acids is 1. The van der Waals surface area contributed by atoms with Crippen LogP contribution in [-0.2, 0) is 14.3 Å². The molecule has 0 radical (unpaired) electrons. The number of hydrogen-bond acceptors (Lipinski definition) is 8. The summed E-state index contributed by atoms with van der Waals surface area (Å²) >= 11 is 0. The van der Waals surface area contributed by atoms with Gasteiger partial charge in [0.25, 0.3) is 0 Å². The molecule has 0 aromatic heterocycles. The van der Waals surface area contributed by atoms with E-state index in [0.29, 0.717) is 6.42 Å². The average Bonchev–Trinajstić information content (AvgIpc) is 3.16. The maximum atomic E-state index is 12.9. The molecule has 1 amide bonds. The van der Waals surface area contributed by atoms with Gasteiger partial charge in [0.2, 0.25) is 5.91 Å². The summed E-state index contributed by atoms with van der Waals surface area (Å²) < 4.78 is 11.2. The number of rotatable bonds is 33. The topological polar surface area (TPSA) is 149 Å². The smallest absolute Gasteiger partial charge is 0.220 e. The molecule has 0 saturated carbocycles. The van der Waals surface area contributed by atoms with Crippen LogP contribution in [0.15, 0.2) is 60.8 Å². The van der Waals surface area contributed by atoms with Crippen LogP contribution in [0.1, 0.15) is 155 Å². The van der Waals surface area contributed by atoms with Crippen molar-refractivity contribution < 1.29 is 39.8 Å². The standard InChI is InChI=1S/C44H77NO8/c1-3-5-7-9-11-13-15-17-19-21-23-25-27-29-31-33-38(47)37(36-52-44-43(51)42(50)41(49)39(35-46)53-44)45-40(48)34-32-30-28-26-24-22-20-18-16-14-12-10-8-6-4-2/h12,14-15,17-18,20,23,25,31,33,37-39,41-44,46-47,49-51H,3-11,13,16,19,21-22,24,26-30,32,34-36H2,1-2H3,(H,45,48)/b14-12-,17-15+,20-18-,25-23+,33-31+. The second kappa shape index (κ2) is 34.4. The van der Waals surface area contributed by atoms with Crippen molar-refractivity contribution in [3.8, 4) is 0 Å². The first kappa shape index (κ1) is 48.9. The Bertz CT molecular complexity index is 1010. The fraction of sp³-hybridized carbons (Fsp3) is 0.750. The molecule has 1 rings (SSSR count). The fourth-order valence-electron chi connectivity index (χ4n) is 6.10. The number of hydrogen-bond donors (Lipinski definition) is 6. The largest absolute Gasteiger partial charge is 0.394 e. The van der Waals surface area contributed by atoms with Gasteiger partial charge in [0.05, 0.1) is 25.4 Å². The molecule has 0 aromatic rings. The first-order chi connectivity index (χ1) is 25.8. The molecular weight excluding hydrogens is 670 g/mol. The molecule has 7 atom stereocenters. The van der Waals surface area contributed by atoms with Crippen molar-refractivity contribution in [2.45, 2.75) is 198 Å². The predicted octanol–water partition coefficient (Wildman–Crippen LogP) is 8.05. The van der Waals surface area contributed by atoms with Gasteiger partial charge >= 0.3 is 0 Å². The van der Waals surface area contributed by atoms with Crippen molar-refractivity contribution in [2.24, 2.45) is 0 Å². The SMILES string of the molecule is CCCCC/C=C\C/C=C\CCCCCCCC(=O)NC(COC1OC(CO)C(O)C(O)C1O)C(O)/C=C/CC/C=C/CC/C=C/CCCCCCC. The van der Waals surface area contributed by atoms with Gasteiger partial charge < -0.3 is 40.3 Å². The second-order valence-electron chi connectivity index (χ2n) is 14.4. The monoisotopic (exact) mass is 748 g/mol. The summed E-state index contributed by atoms with van der Waals surface area (Å²) in [5, 5.41) is 54.0. The number of aliphatic hydroxyl groups is 5. The number of ether oxygens (including phenoxy) is 2. The number of amides is 1. The van der Waals surface area contributed by atoms with Crippen LogP contribution in [0, 0.1) is 0 Å². The van der Waals surface area contributed by atoms with Crippen LogP contribution in [0.5, 0.6) is 0 Å². The molecule has 1 aliphatic heterocycles. The molecule has 53 heavy (non-hydrogen) atoms. The number of carbonyl (C=O) groups is 1. The zero-order valence-corrected chi connectivity index (χ0v) is 33.2. The Hall–Kier alpha value is -2.11. The minimum absolute atomic E-state index is 0.209. The summed E-state index contributed by atoms with van der Waals surface area (Å²) in [5.41, 5.74) is 0. The number of aliphatic hydroxyl groups excluding tert-OH is 5. The van der Waals surface area contributed by atoms with Crippen molar-refractivity contribution in [3.63, 3.8) is 0 Å². The fourth-order valence-corrected chi connectivity index (χ4v) is 6.10. The van der Waals surface area contributed by atoms with Crippen LogP contribution in [-0.4, -0.2) is 87.5 Å². The Balaban J connectivity index is 2.47. The van der Waals surface area contributed by atoms with Gasteiger partial charge in [-0.05, 0) is 77.0 Å². The van der Waals surface area contributed by atoms with Gasteiger partial charge in [-0.2, -0.15) is 0 Å². The van der Waals surface area contributed by atoms with Gasteiger partial charge in [-0.25, -0.2) is 0 Å². The molecule has 0 bridgehead atoms. The minimum atomic E-state index is -1.58. The van der Waals surface area contributed by atoms with Crippen LogP contribution in [0.2, 0.25) is 0 Å². The molecule has 0 spiro atoms. The Morgan fingerprint density at radius 2 is 1.13 bits per heavy atom. The maximum Gasteiger partial charge on any atom is 0.220 e. The molecule has 6 N–H and O–H groups in total. The summed E-state index contributed by atoms with van der Waals surface area (Å²) in [5.74, 6) is -0.209. The molecular formula is C44H77NO8. The highest BCUT2D eigenvalue weighted by atomic mass is 16.7. The van der Waals surface area contributed by atoms with Crippen molar-refractivity contribution in [2.75, 3.05) is 13.2 Å². The van der Waals surface area contributed by atoms with Gasteiger partial charge in [-0.3, -0.25) is 4.79 Å². The van der Waals surface area contributed by atoms with Crippen LogP contribution in [0.3, 0.4) is 0 Å². The lowest BCUT2D eigenvalue weighted by Gasteiger charge is -2.40. The van der Waals surface area contributed by atoms with Crippen molar-refractivity contribution in [1.29, 1.82) is 0 Å². The van der Waals surface area contributed by atoms with Gasteiger partial charge in [0, 0.05) is 6.42 Å². The van der Waals surface area contributed by atoms with Gasteiger partial charge in [0.1, 0.15) is 24.4 Å². The van der Waals surface area contributed by atoms with E-state index in [1.807, 2.05) is 6.08 Å². The Morgan fingerprint density at radius 3 is 1.74 bits per heavy atom. The van der Waals surface area contributed by atoms with E-state index in [-0.39, 0.29) is 12.5 Å². The van der Waals surface area contributed by atoms with Crippen molar-refractivity contribution in [1.82, 2.24) is 5.32 Å². The zero-order chi connectivity index (χ0) is 38.8.